The van der Waals surface area contributed by atoms with Gasteiger partial charge in [-0.05, 0) is 48.8 Å². The van der Waals surface area contributed by atoms with E-state index < -0.39 is 10.5 Å². The zero-order chi connectivity index (χ0) is 20.6. The van der Waals surface area contributed by atoms with Gasteiger partial charge in [0.15, 0.2) is 0 Å². The molecule has 0 N–H and O–H groups in total. The highest BCUT2D eigenvalue weighted by atomic mass is 79.9. The van der Waals surface area contributed by atoms with Gasteiger partial charge in [0.2, 0.25) is 0 Å². The second kappa shape index (κ2) is 7.71. The van der Waals surface area contributed by atoms with Gasteiger partial charge in [-0.15, -0.1) is 0 Å². The Hall–Kier alpha value is -2.13. The van der Waals surface area contributed by atoms with Crippen molar-refractivity contribution < 1.29 is 14.5 Å². The highest BCUT2D eigenvalue weighted by molar-refractivity contribution is 9.10. The summed E-state index contributed by atoms with van der Waals surface area (Å²) in [4.78, 5) is 31.1. The van der Waals surface area contributed by atoms with Crippen molar-refractivity contribution in [3.05, 3.63) is 37.9 Å². The van der Waals surface area contributed by atoms with E-state index in [1.54, 1.807) is 17.0 Å². The maximum absolute atomic E-state index is 12.3. The van der Waals surface area contributed by atoms with Crippen molar-refractivity contribution in [3.8, 4) is 0 Å². The maximum atomic E-state index is 12.3. The standard InChI is InChI=1S/C18H20BrClN4O4/c1-18(2,3)28-17(25)23-6-4-22(5-7-23)16-11-8-13(20)12(19)9-14(11)21-10-15(16)24(26)27/h8-10H,4-7H2,1-3H3. The van der Waals surface area contributed by atoms with E-state index in [-0.39, 0.29) is 11.8 Å². The molecule has 0 spiro atoms. The SMILES string of the molecule is CC(C)(C)OC(=O)N1CCN(c2c([N+](=O)[O-])cnc3cc(Br)c(Cl)cc23)CC1. The first-order valence-electron chi connectivity index (χ1n) is 8.72. The van der Waals surface area contributed by atoms with Crippen molar-refractivity contribution in [2.75, 3.05) is 31.1 Å². The molecule has 3 rings (SSSR count). The Kier molecular flexibility index (Phi) is 5.67. The molecular formula is C18H20BrClN4O4. The molecule has 0 saturated carbocycles. The van der Waals surface area contributed by atoms with Crippen LogP contribution in [0, 0.1) is 10.1 Å². The molecule has 0 aliphatic carbocycles. The summed E-state index contributed by atoms with van der Waals surface area (Å²) in [5.74, 6) is 0. The predicted molar refractivity (Wildman–Crippen MR) is 111 cm³/mol. The van der Waals surface area contributed by atoms with Crippen LogP contribution in [0.4, 0.5) is 16.2 Å². The Morgan fingerprint density at radius 1 is 1.29 bits per heavy atom. The normalized spacial score (nSPS) is 15.0. The van der Waals surface area contributed by atoms with Gasteiger partial charge >= 0.3 is 11.8 Å². The summed E-state index contributed by atoms with van der Waals surface area (Å²) >= 11 is 9.58. The number of nitrogens with zero attached hydrogens (tertiary/aromatic N) is 4. The Balaban J connectivity index is 1.92. The molecule has 0 radical (unpaired) electrons. The lowest BCUT2D eigenvalue weighted by molar-refractivity contribution is -0.384. The highest BCUT2D eigenvalue weighted by Crippen LogP contribution is 2.38. The minimum Gasteiger partial charge on any atom is -0.444 e. The van der Waals surface area contributed by atoms with Crippen LogP contribution in [0.5, 0.6) is 0 Å². The molecule has 0 atom stereocenters. The Bertz CT molecular complexity index is 939. The fourth-order valence-electron chi connectivity index (χ4n) is 3.07. The van der Waals surface area contributed by atoms with E-state index in [0.29, 0.717) is 52.3 Å². The third-order valence-corrected chi connectivity index (χ3v) is 5.50. The number of pyridine rings is 1. The number of halogens is 2. The third-order valence-electron chi connectivity index (χ3n) is 4.31. The van der Waals surface area contributed by atoms with Crippen molar-refractivity contribution >= 4 is 55.9 Å². The topological polar surface area (TPSA) is 88.8 Å². The van der Waals surface area contributed by atoms with Gasteiger partial charge in [-0.2, -0.15) is 0 Å². The molecule has 1 saturated heterocycles. The van der Waals surface area contributed by atoms with Crippen molar-refractivity contribution in [1.82, 2.24) is 9.88 Å². The number of rotatable bonds is 2. The Labute approximate surface area is 175 Å². The fraction of sp³-hybridized carbons (Fsp3) is 0.444. The summed E-state index contributed by atoms with van der Waals surface area (Å²) < 4.78 is 6.08. The van der Waals surface area contributed by atoms with E-state index in [1.165, 1.54) is 6.20 Å². The number of hydrogen-bond acceptors (Lipinski definition) is 6. The smallest absolute Gasteiger partial charge is 0.410 e. The second-order valence-electron chi connectivity index (χ2n) is 7.49. The molecule has 8 nitrogen and oxygen atoms in total. The molecule has 150 valence electrons. The second-order valence-corrected chi connectivity index (χ2v) is 8.75. The number of anilines is 1. The molecule has 1 amide bonds. The van der Waals surface area contributed by atoms with Crippen LogP contribution in [0.3, 0.4) is 0 Å². The Morgan fingerprint density at radius 2 is 1.93 bits per heavy atom. The number of nitro groups is 1. The van der Waals surface area contributed by atoms with Gasteiger partial charge in [0.1, 0.15) is 17.5 Å². The van der Waals surface area contributed by atoms with E-state index in [2.05, 4.69) is 20.9 Å². The molecule has 1 aliphatic rings. The molecule has 2 aromatic rings. The van der Waals surface area contributed by atoms with Gasteiger partial charge in [0.25, 0.3) is 0 Å². The minimum atomic E-state index is -0.571. The van der Waals surface area contributed by atoms with Crippen LogP contribution in [0.2, 0.25) is 5.02 Å². The molecule has 1 aromatic heterocycles. The molecule has 28 heavy (non-hydrogen) atoms. The highest BCUT2D eigenvalue weighted by Gasteiger charge is 2.30. The molecule has 1 fully saturated rings. The van der Waals surface area contributed by atoms with Crippen LogP contribution in [-0.2, 0) is 4.74 Å². The van der Waals surface area contributed by atoms with Crippen molar-refractivity contribution in [2.24, 2.45) is 0 Å². The number of fused-ring (bicyclic) bond motifs is 1. The number of carbonyl (C=O) groups excluding carboxylic acids is 1. The zero-order valence-electron chi connectivity index (χ0n) is 15.7. The summed E-state index contributed by atoms with van der Waals surface area (Å²) in [5, 5.41) is 12.7. The molecule has 0 bridgehead atoms. The molecule has 2 heterocycles. The van der Waals surface area contributed by atoms with Gasteiger partial charge in [-0.1, -0.05) is 11.6 Å². The van der Waals surface area contributed by atoms with E-state index in [4.69, 9.17) is 16.3 Å². The monoisotopic (exact) mass is 470 g/mol. The summed E-state index contributed by atoms with van der Waals surface area (Å²) in [6.07, 6.45) is 0.881. The van der Waals surface area contributed by atoms with Gasteiger partial charge < -0.3 is 14.5 Å². The first kappa shape index (κ1) is 20.6. The summed E-state index contributed by atoms with van der Waals surface area (Å²) in [6, 6.07) is 3.42. The fourth-order valence-corrected chi connectivity index (χ4v) is 3.56. The van der Waals surface area contributed by atoms with Crippen molar-refractivity contribution in [1.29, 1.82) is 0 Å². The first-order valence-corrected chi connectivity index (χ1v) is 9.89. The molecular weight excluding hydrogens is 452 g/mol. The van der Waals surface area contributed by atoms with Gasteiger partial charge in [0, 0.05) is 36.0 Å². The van der Waals surface area contributed by atoms with Crippen LogP contribution < -0.4 is 4.90 Å². The number of carbonyl (C=O) groups is 1. The third kappa shape index (κ3) is 4.30. The van der Waals surface area contributed by atoms with E-state index >= 15 is 0 Å². The van der Waals surface area contributed by atoms with Crippen LogP contribution >= 0.6 is 27.5 Å². The lowest BCUT2D eigenvalue weighted by Gasteiger charge is -2.36. The Morgan fingerprint density at radius 3 is 2.50 bits per heavy atom. The summed E-state index contributed by atoms with van der Waals surface area (Å²) in [5.41, 5.74) is 0.412. The van der Waals surface area contributed by atoms with Crippen molar-refractivity contribution in [3.63, 3.8) is 0 Å². The molecule has 0 unspecified atom stereocenters. The molecule has 10 heteroatoms. The average Bonchev–Trinajstić information content (AvgIpc) is 2.60. The summed E-state index contributed by atoms with van der Waals surface area (Å²) in [6.45, 7) is 7.13. The molecule has 1 aliphatic heterocycles. The van der Waals surface area contributed by atoms with Gasteiger partial charge in [0.05, 0.1) is 15.5 Å². The number of benzene rings is 1. The van der Waals surface area contributed by atoms with Gasteiger partial charge in [-0.25, -0.2) is 9.78 Å². The van der Waals surface area contributed by atoms with E-state index in [0.717, 1.165) is 0 Å². The zero-order valence-corrected chi connectivity index (χ0v) is 18.1. The molecule has 1 aromatic carbocycles. The largest absolute Gasteiger partial charge is 0.444 e. The first-order chi connectivity index (χ1) is 13.1. The van der Waals surface area contributed by atoms with Crippen LogP contribution in [-0.4, -0.2) is 52.7 Å². The summed E-state index contributed by atoms with van der Waals surface area (Å²) in [7, 11) is 0. The van der Waals surface area contributed by atoms with Crippen LogP contribution in [0.25, 0.3) is 10.9 Å². The lowest BCUT2D eigenvalue weighted by atomic mass is 10.1. The van der Waals surface area contributed by atoms with Crippen molar-refractivity contribution in [2.45, 2.75) is 26.4 Å². The lowest BCUT2D eigenvalue weighted by Crippen LogP contribution is -2.50. The quantitative estimate of drug-likeness (QED) is 0.469. The number of aromatic nitrogens is 1. The van der Waals surface area contributed by atoms with Crippen LogP contribution in [0.15, 0.2) is 22.8 Å². The van der Waals surface area contributed by atoms with E-state index in [9.17, 15) is 14.9 Å². The number of piperazine rings is 1. The number of hydrogen-bond donors (Lipinski definition) is 0. The van der Waals surface area contributed by atoms with Gasteiger partial charge in [-0.3, -0.25) is 10.1 Å². The predicted octanol–water partition coefficient (Wildman–Crippen LogP) is 4.62. The number of ether oxygens (including phenoxy) is 1. The van der Waals surface area contributed by atoms with Crippen LogP contribution in [0.1, 0.15) is 20.8 Å². The number of amides is 1. The van der Waals surface area contributed by atoms with E-state index in [1.807, 2.05) is 25.7 Å². The average molecular weight is 472 g/mol. The minimum absolute atomic E-state index is 0.0865. The maximum Gasteiger partial charge on any atom is 0.410 e.